The van der Waals surface area contributed by atoms with Crippen LogP contribution >= 0.6 is 0 Å². The number of methoxy groups -OCH3 is 1. The van der Waals surface area contributed by atoms with Crippen molar-refractivity contribution >= 4 is 17.7 Å². The van der Waals surface area contributed by atoms with E-state index < -0.39 is 17.7 Å². The van der Waals surface area contributed by atoms with E-state index in [4.69, 9.17) is 16.0 Å². The van der Waals surface area contributed by atoms with Crippen LogP contribution in [0.2, 0.25) is 0 Å². The molecule has 1 heterocycles. The first kappa shape index (κ1) is 21.9. The molecule has 2 rings (SSSR count). The van der Waals surface area contributed by atoms with E-state index >= 15 is 0 Å². The van der Waals surface area contributed by atoms with Gasteiger partial charge >= 0.3 is 12.1 Å². The topological polar surface area (TPSA) is 73.1 Å². The highest BCUT2D eigenvalue weighted by Crippen LogP contribution is 2.32. The van der Waals surface area contributed by atoms with Crippen molar-refractivity contribution in [3.05, 3.63) is 59.2 Å². The van der Waals surface area contributed by atoms with E-state index in [1.807, 2.05) is 33.8 Å². The molecule has 0 saturated carbocycles. The number of nitrogens with zero attached hydrogens (tertiary/aromatic N) is 3. The summed E-state index contributed by atoms with van der Waals surface area (Å²) in [5.74, 6) is -0.478. The number of hydrogen-bond donors (Lipinski definition) is 0. The maximum absolute atomic E-state index is 12.4. The fourth-order valence-electron chi connectivity index (χ4n) is 2.68. The number of amides is 1. The smallest absolute Gasteiger partial charge is 0.410 e. The zero-order valence-corrected chi connectivity index (χ0v) is 17.4. The molecule has 0 radical (unpaired) electrons. The normalized spacial score (nSPS) is 10.8. The van der Waals surface area contributed by atoms with Gasteiger partial charge in [0.15, 0.2) is 5.69 Å². The van der Waals surface area contributed by atoms with Gasteiger partial charge in [-0.15, -0.1) is 0 Å². The number of rotatable bonds is 5. The largest absolute Gasteiger partial charge is 0.465 e. The van der Waals surface area contributed by atoms with Gasteiger partial charge in [-0.2, -0.15) is 0 Å². The Labute approximate surface area is 171 Å². The van der Waals surface area contributed by atoms with Gasteiger partial charge in [0.2, 0.25) is 0 Å². The number of pyridine rings is 1. The minimum atomic E-state index is -0.580. The van der Waals surface area contributed by atoms with Gasteiger partial charge in [-0.3, -0.25) is 4.98 Å². The molecule has 29 heavy (non-hydrogen) atoms. The van der Waals surface area contributed by atoms with Crippen molar-refractivity contribution in [1.82, 2.24) is 9.88 Å². The van der Waals surface area contributed by atoms with Gasteiger partial charge in [0.25, 0.3) is 0 Å². The second-order valence-corrected chi connectivity index (χ2v) is 7.41. The Morgan fingerprint density at radius 2 is 1.93 bits per heavy atom. The highest BCUT2D eigenvalue weighted by Gasteiger charge is 2.21. The molecule has 7 nitrogen and oxygen atoms in total. The minimum Gasteiger partial charge on any atom is -0.465 e. The Morgan fingerprint density at radius 3 is 2.52 bits per heavy atom. The lowest BCUT2D eigenvalue weighted by atomic mass is 10.0. The standard InChI is InChI=1S/C22H25N3O4/c1-7-25(21(27)29-22(2,3)4)14-15-10-17(13-24-12-15)18-11-16(20(26)28-6)8-9-19(18)23-5/h8-13H,7,14H2,1-4,6H3. The van der Waals surface area contributed by atoms with Crippen molar-refractivity contribution in [3.8, 4) is 11.1 Å². The van der Waals surface area contributed by atoms with Gasteiger partial charge in [-0.1, -0.05) is 18.2 Å². The van der Waals surface area contributed by atoms with Gasteiger partial charge in [0.1, 0.15) is 5.60 Å². The molecule has 0 spiro atoms. The molecule has 7 heteroatoms. The van der Waals surface area contributed by atoms with Crippen molar-refractivity contribution in [3.63, 3.8) is 0 Å². The molecule has 0 aliphatic carbocycles. The molecular weight excluding hydrogens is 370 g/mol. The van der Waals surface area contributed by atoms with Gasteiger partial charge in [-0.25, -0.2) is 14.4 Å². The molecule has 0 atom stereocenters. The maximum Gasteiger partial charge on any atom is 0.410 e. The summed E-state index contributed by atoms with van der Waals surface area (Å²) in [6.07, 6.45) is 2.89. The Morgan fingerprint density at radius 1 is 1.21 bits per heavy atom. The van der Waals surface area contributed by atoms with Crippen LogP contribution in [0.25, 0.3) is 16.0 Å². The number of aromatic nitrogens is 1. The summed E-state index contributed by atoms with van der Waals surface area (Å²) in [6.45, 7) is 15.5. The third-order valence-electron chi connectivity index (χ3n) is 4.05. The molecule has 0 bridgehead atoms. The molecule has 1 aromatic carbocycles. The first-order valence-electron chi connectivity index (χ1n) is 9.20. The van der Waals surface area contributed by atoms with E-state index in [1.54, 1.807) is 35.5 Å². The summed E-state index contributed by atoms with van der Waals surface area (Å²) >= 11 is 0. The summed E-state index contributed by atoms with van der Waals surface area (Å²) in [7, 11) is 1.31. The van der Waals surface area contributed by atoms with Crippen molar-refractivity contribution in [2.24, 2.45) is 0 Å². The Hall–Kier alpha value is -3.40. The molecule has 0 N–H and O–H groups in total. The summed E-state index contributed by atoms with van der Waals surface area (Å²) in [5, 5.41) is 0. The second-order valence-electron chi connectivity index (χ2n) is 7.41. The third kappa shape index (κ3) is 5.79. The number of hydrogen-bond acceptors (Lipinski definition) is 5. The first-order chi connectivity index (χ1) is 13.7. The van der Waals surface area contributed by atoms with Crippen molar-refractivity contribution in [2.45, 2.75) is 39.8 Å². The molecule has 0 unspecified atom stereocenters. The molecule has 152 valence electrons. The van der Waals surface area contributed by atoms with Crippen molar-refractivity contribution < 1.29 is 19.1 Å². The van der Waals surface area contributed by atoms with Gasteiger partial charge in [-0.05, 0) is 50.5 Å². The minimum absolute atomic E-state index is 0.316. The van der Waals surface area contributed by atoms with E-state index in [0.29, 0.717) is 35.5 Å². The number of esters is 1. The highest BCUT2D eigenvalue weighted by molar-refractivity contribution is 5.93. The van der Waals surface area contributed by atoms with Crippen LogP contribution in [0.4, 0.5) is 10.5 Å². The van der Waals surface area contributed by atoms with Crippen LogP contribution in [-0.4, -0.2) is 41.2 Å². The Bertz CT molecular complexity index is 942. The summed E-state index contributed by atoms with van der Waals surface area (Å²) in [4.78, 5) is 33.6. The predicted octanol–water partition coefficient (Wildman–Crippen LogP) is 4.84. The highest BCUT2D eigenvalue weighted by atomic mass is 16.6. The molecule has 0 saturated heterocycles. The Balaban J connectivity index is 2.35. The molecule has 1 aromatic heterocycles. The molecule has 1 amide bonds. The fraction of sp³-hybridized carbons (Fsp3) is 0.364. The quantitative estimate of drug-likeness (QED) is 0.535. The van der Waals surface area contributed by atoms with Crippen LogP contribution in [0, 0.1) is 6.57 Å². The van der Waals surface area contributed by atoms with Crippen molar-refractivity contribution in [2.75, 3.05) is 13.7 Å². The fourth-order valence-corrected chi connectivity index (χ4v) is 2.68. The molecule has 2 aromatic rings. The average molecular weight is 395 g/mol. The van der Waals surface area contributed by atoms with Crippen LogP contribution in [-0.2, 0) is 16.0 Å². The SMILES string of the molecule is [C-]#[N+]c1ccc(C(=O)OC)cc1-c1cncc(CN(CC)C(=O)OC(C)(C)C)c1. The molecular formula is C22H25N3O4. The van der Waals surface area contributed by atoms with E-state index in [-0.39, 0.29) is 0 Å². The number of carbonyl (C=O) groups is 2. The molecule has 0 aliphatic rings. The number of benzene rings is 1. The monoisotopic (exact) mass is 395 g/mol. The lowest BCUT2D eigenvalue weighted by Crippen LogP contribution is -2.36. The van der Waals surface area contributed by atoms with Crippen LogP contribution in [0.1, 0.15) is 43.6 Å². The Kier molecular flexibility index (Phi) is 6.94. The van der Waals surface area contributed by atoms with Crippen LogP contribution < -0.4 is 0 Å². The summed E-state index contributed by atoms with van der Waals surface area (Å²) in [5.41, 5.74) is 2.22. The van der Waals surface area contributed by atoms with Gasteiger partial charge < -0.3 is 14.4 Å². The van der Waals surface area contributed by atoms with Gasteiger partial charge in [0, 0.05) is 18.9 Å². The van der Waals surface area contributed by atoms with Crippen molar-refractivity contribution in [1.29, 1.82) is 0 Å². The number of carbonyl (C=O) groups excluding carboxylic acids is 2. The molecule has 0 aliphatic heterocycles. The summed E-state index contributed by atoms with van der Waals surface area (Å²) in [6, 6.07) is 6.61. The zero-order chi connectivity index (χ0) is 21.6. The van der Waals surface area contributed by atoms with E-state index in [1.165, 1.54) is 7.11 Å². The number of ether oxygens (including phenoxy) is 2. The average Bonchev–Trinajstić information content (AvgIpc) is 2.69. The first-order valence-corrected chi connectivity index (χ1v) is 9.20. The second kappa shape index (κ2) is 9.20. The van der Waals surface area contributed by atoms with Crippen LogP contribution in [0.3, 0.4) is 0 Å². The lowest BCUT2D eigenvalue weighted by molar-refractivity contribution is 0.0244. The summed E-state index contributed by atoms with van der Waals surface area (Å²) < 4.78 is 10.2. The van der Waals surface area contributed by atoms with Gasteiger partial charge in [0.05, 0.1) is 25.8 Å². The maximum atomic E-state index is 12.4. The third-order valence-corrected chi connectivity index (χ3v) is 4.05. The van der Waals surface area contributed by atoms with Crippen LogP contribution in [0.15, 0.2) is 36.7 Å². The van der Waals surface area contributed by atoms with E-state index in [2.05, 4.69) is 9.83 Å². The lowest BCUT2D eigenvalue weighted by Gasteiger charge is -2.26. The predicted molar refractivity (Wildman–Crippen MR) is 110 cm³/mol. The van der Waals surface area contributed by atoms with E-state index in [9.17, 15) is 9.59 Å². The van der Waals surface area contributed by atoms with Crippen LogP contribution in [0.5, 0.6) is 0 Å². The molecule has 0 fully saturated rings. The van der Waals surface area contributed by atoms with E-state index in [0.717, 1.165) is 5.56 Å². The zero-order valence-electron chi connectivity index (χ0n) is 17.4.